The van der Waals surface area contributed by atoms with E-state index < -0.39 is 6.04 Å². The Hall–Kier alpha value is -2.04. The molecule has 2 rings (SSSR count). The van der Waals surface area contributed by atoms with Crippen LogP contribution in [0.25, 0.3) is 0 Å². The van der Waals surface area contributed by atoms with E-state index >= 15 is 0 Å². The maximum Gasteiger partial charge on any atom is 0.242 e. The molecule has 0 heterocycles. The van der Waals surface area contributed by atoms with Gasteiger partial charge in [-0.3, -0.25) is 9.59 Å². The van der Waals surface area contributed by atoms with Gasteiger partial charge in [0.2, 0.25) is 11.8 Å². The van der Waals surface area contributed by atoms with Crippen LogP contribution < -0.4 is 5.32 Å². The number of nitrogens with one attached hydrogen (secondary N) is 1. The summed E-state index contributed by atoms with van der Waals surface area (Å²) in [6.45, 7) is 6.02. The predicted molar refractivity (Wildman–Crippen MR) is 115 cm³/mol. The number of halogens is 2. The lowest BCUT2D eigenvalue weighted by molar-refractivity contribution is -0.140. The monoisotopic (exact) mass is 420 g/mol. The summed E-state index contributed by atoms with van der Waals surface area (Å²) < 4.78 is 0. The molecule has 6 heteroatoms. The van der Waals surface area contributed by atoms with Crippen LogP contribution in [0.3, 0.4) is 0 Å². The molecule has 0 saturated carbocycles. The molecule has 0 aliphatic carbocycles. The molecule has 0 saturated heterocycles. The number of hydrogen-bond acceptors (Lipinski definition) is 2. The van der Waals surface area contributed by atoms with E-state index in [9.17, 15) is 9.59 Å². The largest absolute Gasteiger partial charge is 0.352 e. The Balaban J connectivity index is 2.26. The zero-order valence-electron chi connectivity index (χ0n) is 16.4. The number of nitrogens with zero attached hydrogens (tertiary/aromatic N) is 1. The fraction of sp³-hybridized carbons (Fsp3) is 0.364. The highest BCUT2D eigenvalue weighted by Crippen LogP contribution is 2.26. The molecule has 150 valence electrons. The Morgan fingerprint density at radius 1 is 1.00 bits per heavy atom. The normalized spacial score (nSPS) is 12.9. The first-order valence-corrected chi connectivity index (χ1v) is 10.2. The number of amides is 2. The van der Waals surface area contributed by atoms with Gasteiger partial charge in [-0.25, -0.2) is 0 Å². The average molecular weight is 421 g/mol. The van der Waals surface area contributed by atoms with E-state index in [-0.39, 0.29) is 24.3 Å². The first kappa shape index (κ1) is 22.3. The highest BCUT2D eigenvalue weighted by Gasteiger charge is 2.27. The van der Waals surface area contributed by atoms with E-state index in [1.807, 2.05) is 44.2 Å². The van der Waals surface area contributed by atoms with Gasteiger partial charge in [0.1, 0.15) is 6.04 Å². The van der Waals surface area contributed by atoms with E-state index in [4.69, 9.17) is 23.2 Å². The van der Waals surface area contributed by atoms with E-state index in [1.54, 1.807) is 30.0 Å². The summed E-state index contributed by atoms with van der Waals surface area (Å²) in [4.78, 5) is 27.4. The number of hydrogen-bond donors (Lipinski definition) is 1. The van der Waals surface area contributed by atoms with Gasteiger partial charge in [0.25, 0.3) is 0 Å². The molecule has 0 radical (unpaired) electrons. The Morgan fingerprint density at radius 2 is 1.61 bits per heavy atom. The summed E-state index contributed by atoms with van der Waals surface area (Å²) in [5, 5.41) is 3.84. The van der Waals surface area contributed by atoms with Gasteiger partial charge in [-0.15, -0.1) is 0 Å². The summed E-state index contributed by atoms with van der Waals surface area (Å²) in [6.07, 6.45) is 0.854. The topological polar surface area (TPSA) is 49.4 Å². The van der Waals surface area contributed by atoms with Crippen LogP contribution in [0.1, 0.15) is 38.3 Å². The summed E-state index contributed by atoms with van der Waals surface area (Å²) in [5.41, 5.74) is 1.52. The summed E-state index contributed by atoms with van der Waals surface area (Å²) >= 11 is 12.5. The second-order valence-electron chi connectivity index (χ2n) is 6.88. The van der Waals surface area contributed by atoms with Crippen LogP contribution in [0, 0.1) is 0 Å². The van der Waals surface area contributed by atoms with Crippen molar-refractivity contribution >= 4 is 35.0 Å². The maximum atomic E-state index is 13.2. The molecule has 0 aliphatic rings. The summed E-state index contributed by atoms with van der Waals surface area (Å²) in [5.74, 6) is -0.380. The van der Waals surface area contributed by atoms with Crippen molar-refractivity contribution in [2.24, 2.45) is 0 Å². The molecule has 28 heavy (non-hydrogen) atoms. The van der Waals surface area contributed by atoms with Gasteiger partial charge in [0.05, 0.1) is 6.42 Å². The fourth-order valence-electron chi connectivity index (χ4n) is 2.78. The van der Waals surface area contributed by atoms with Gasteiger partial charge in [-0.2, -0.15) is 0 Å². The first-order valence-electron chi connectivity index (χ1n) is 9.40. The summed E-state index contributed by atoms with van der Waals surface area (Å²) in [6, 6.07) is 14.2. The van der Waals surface area contributed by atoms with Gasteiger partial charge in [0, 0.05) is 22.6 Å². The van der Waals surface area contributed by atoms with Gasteiger partial charge >= 0.3 is 0 Å². The maximum absolute atomic E-state index is 13.2. The van der Waals surface area contributed by atoms with Crippen molar-refractivity contribution in [2.45, 2.75) is 52.2 Å². The third-order valence-electron chi connectivity index (χ3n) is 4.75. The third kappa shape index (κ3) is 5.98. The Labute approximate surface area is 176 Å². The van der Waals surface area contributed by atoms with Gasteiger partial charge in [-0.05, 0) is 43.5 Å². The smallest absolute Gasteiger partial charge is 0.242 e. The van der Waals surface area contributed by atoms with Gasteiger partial charge in [-0.1, -0.05) is 66.5 Å². The molecule has 2 aromatic rings. The molecule has 0 aromatic heterocycles. The summed E-state index contributed by atoms with van der Waals surface area (Å²) in [7, 11) is 0. The van der Waals surface area contributed by atoms with Crippen molar-refractivity contribution in [2.75, 3.05) is 0 Å². The molecule has 0 unspecified atom stereocenters. The van der Waals surface area contributed by atoms with Crippen molar-refractivity contribution in [3.8, 4) is 0 Å². The van der Waals surface area contributed by atoms with Crippen molar-refractivity contribution in [1.82, 2.24) is 10.2 Å². The molecule has 2 amide bonds. The first-order chi connectivity index (χ1) is 13.3. The number of carbonyl (C=O) groups is 2. The molecule has 2 atom stereocenters. The van der Waals surface area contributed by atoms with Crippen molar-refractivity contribution in [3.05, 3.63) is 69.7 Å². The zero-order chi connectivity index (χ0) is 20.7. The van der Waals surface area contributed by atoms with E-state index in [0.29, 0.717) is 22.2 Å². The minimum Gasteiger partial charge on any atom is -0.352 e. The fourth-order valence-corrected chi connectivity index (χ4v) is 3.31. The Morgan fingerprint density at radius 3 is 2.18 bits per heavy atom. The van der Waals surface area contributed by atoms with Crippen molar-refractivity contribution in [1.29, 1.82) is 0 Å². The molecule has 0 aliphatic heterocycles. The average Bonchev–Trinajstić information content (AvgIpc) is 2.69. The molecule has 0 spiro atoms. The molecule has 0 bridgehead atoms. The van der Waals surface area contributed by atoms with Crippen LogP contribution in [-0.2, 0) is 22.6 Å². The van der Waals surface area contributed by atoms with E-state index in [0.717, 1.165) is 12.0 Å². The van der Waals surface area contributed by atoms with Crippen LogP contribution in [0.4, 0.5) is 0 Å². The van der Waals surface area contributed by atoms with E-state index in [2.05, 4.69) is 5.32 Å². The highest BCUT2D eigenvalue weighted by atomic mass is 35.5. The SMILES string of the molecule is CC[C@@H](C)NC(=O)[C@H](C)N(Cc1ccccc1)C(=O)Cc1c(Cl)cccc1Cl. The van der Waals surface area contributed by atoms with Crippen LogP contribution in [0.5, 0.6) is 0 Å². The lowest BCUT2D eigenvalue weighted by atomic mass is 10.1. The van der Waals surface area contributed by atoms with Gasteiger partial charge in [0.15, 0.2) is 0 Å². The second-order valence-corrected chi connectivity index (χ2v) is 7.69. The zero-order valence-corrected chi connectivity index (χ0v) is 17.9. The molecular weight excluding hydrogens is 395 g/mol. The second kappa shape index (κ2) is 10.5. The Kier molecular flexibility index (Phi) is 8.34. The van der Waals surface area contributed by atoms with Crippen LogP contribution >= 0.6 is 23.2 Å². The minimum absolute atomic E-state index is 0.0340. The quantitative estimate of drug-likeness (QED) is 0.661. The van der Waals surface area contributed by atoms with E-state index in [1.165, 1.54) is 0 Å². The number of carbonyl (C=O) groups excluding carboxylic acids is 2. The lowest BCUT2D eigenvalue weighted by Gasteiger charge is -2.30. The number of benzene rings is 2. The molecule has 1 N–H and O–H groups in total. The molecular formula is C22H26Cl2N2O2. The molecule has 2 aromatic carbocycles. The van der Waals surface area contributed by atoms with Crippen LogP contribution in [0.2, 0.25) is 10.0 Å². The predicted octanol–water partition coefficient (Wildman–Crippen LogP) is 4.87. The lowest BCUT2D eigenvalue weighted by Crippen LogP contribution is -2.49. The molecule has 4 nitrogen and oxygen atoms in total. The third-order valence-corrected chi connectivity index (χ3v) is 5.46. The Bertz CT molecular complexity index is 791. The number of rotatable bonds is 8. The van der Waals surface area contributed by atoms with Crippen molar-refractivity contribution < 1.29 is 9.59 Å². The highest BCUT2D eigenvalue weighted by molar-refractivity contribution is 6.36. The minimum atomic E-state index is -0.622. The van der Waals surface area contributed by atoms with Crippen molar-refractivity contribution in [3.63, 3.8) is 0 Å². The van der Waals surface area contributed by atoms with Crippen LogP contribution in [0.15, 0.2) is 48.5 Å². The standard InChI is InChI=1S/C22H26Cl2N2O2/c1-4-15(2)25-22(28)16(3)26(14-17-9-6-5-7-10-17)21(27)13-18-19(23)11-8-12-20(18)24/h5-12,15-16H,4,13-14H2,1-3H3,(H,25,28)/t15-,16+/m1/s1. The molecule has 0 fully saturated rings. The van der Waals surface area contributed by atoms with Gasteiger partial charge < -0.3 is 10.2 Å². The van der Waals surface area contributed by atoms with Crippen LogP contribution in [-0.4, -0.2) is 28.8 Å².